The second kappa shape index (κ2) is 7.17. The number of benzene rings is 1. The van der Waals surface area contributed by atoms with Crippen LogP contribution < -0.4 is 4.74 Å². The van der Waals surface area contributed by atoms with Crippen molar-refractivity contribution in [1.82, 2.24) is 0 Å². The summed E-state index contributed by atoms with van der Waals surface area (Å²) >= 11 is 5.65. The molecule has 1 aromatic rings. The summed E-state index contributed by atoms with van der Waals surface area (Å²) in [6, 6.07) is 5.54. The first-order valence-electron chi connectivity index (χ1n) is 5.63. The lowest BCUT2D eigenvalue weighted by Gasteiger charge is -2.09. The van der Waals surface area contributed by atoms with Gasteiger partial charge in [0.25, 0.3) is 0 Å². The maximum atomic E-state index is 11.7. The smallest absolute Gasteiger partial charge is 0.341 e. The van der Waals surface area contributed by atoms with E-state index in [2.05, 4.69) is 0 Å². The van der Waals surface area contributed by atoms with Crippen LogP contribution in [0.2, 0.25) is 0 Å². The Morgan fingerprint density at radius 3 is 2.76 bits per heavy atom. The highest BCUT2D eigenvalue weighted by Gasteiger charge is 2.13. The summed E-state index contributed by atoms with van der Waals surface area (Å²) in [6.07, 6.45) is 1.73. The molecule has 0 saturated heterocycles. The van der Waals surface area contributed by atoms with Crippen LogP contribution in [0.15, 0.2) is 18.2 Å². The number of alkyl halides is 1. The predicted octanol–water partition coefficient (Wildman–Crippen LogP) is 3.04. The van der Waals surface area contributed by atoms with E-state index in [4.69, 9.17) is 21.1 Å². The van der Waals surface area contributed by atoms with E-state index in [0.717, 1.165) is 18.4 Å². The van der Waals surface area contributed by atoms with Crippen LogP contribution in [0, 0.1) is 0 Å². The van der Waals surface area contributed by atoms with Gasteiger partial charge in [0.2, 0.25) is 0 Å². The van der Waals surface area contributed by atoms with Crippen LogP contribution >= 0.6 is 11.6 Å². The van der Waals surface area contributed by atoms with Gasteiger partial charge in [-0.2, -0.15) is 0 Å². The molecule has 0 atom stereocenters. The summed E-state index contributed by atoms with van der Waals surface area (Å²) in [5.41, 5.74) is 1.54. The third-order valence-electron chi connectivity index (χ3n) is 2.36. The Kier molecular flexibility index (Phi) is 5.84. The Morgan fingerprint density at radius 2 is 2.18 bits per heavy atom. The number of ether oxygens (including phenoxy) is 2. The highest BCUT2D eigenvalue weighted by molar-refractivity contribution is 6.17. The van der Waals surface area contributed by atoms with Crippen molar-refractivity contribution in [1.29, 1.82) is 0 Å². The Hall–Kier alpha value is -1.22. The molecule has 94 valence electrons. The zero-order valence-electron chi connectivity index (χ0n) is 10.2. The van der Waals surface area contributed by atoms with Gasteiger partial charge in [-0.25, -0.2) is 4.79 Å². The van der Waals surface area contributed by atoms with E-state index in [0.29, 0.717) is 23.8 Å². The number of esters is 1. The molecule has 0 aromatic heterocycles. The molecule has 17 heavy (non-hydrogen) atoms. The SMILES string of the molecule is CCOC(=O)c1cc(CCCCl)ccc1OC. The molecular weight excluding hydrogens is 240 g/mol. The van der Waals surface area contributed by atoms with Crippen molar-refractivity contribution in [3.05, 3.63) is 29.3 Å². The highest BCUT2D eigenvalue weighted by atomic mass is 35.5. The zero-order chi connectivity index (χ0) is 12.7. The van der Waals surface area contributed by atoms with Gasteiger partial charge in [-0.3, -0.25) is 0 Å². The topological polar surface area (TPSA) is 35.5 Å². The lowest BCUT2D eigenvalue weighted by Crippen LogP contribution is -2.07. The molecule has 1 aromatic carbocycles. The first-order valence-corrected chi connectivity index (χ1v) is 6.16. The molecular formula is C13H17ClO3. The van der Waals surface area contributed by atoms with Gasteiger partial charge in [0.05, 0.1) is 13.7 Å². The molecule has 0 bridgehead atoms. The first kappa shape index (κ1) is 13.8. The monoisotopic (exact) mass is 256 g/mol. The van der Waals surface area contributed by atoms with Crippen molar-refractivity contribution in [2.75, 3.05) is 19.6 Å². The number of halogens is 1. The number of carbonyl (C=O) groups excluding carboxylic acids is 1. The molecule has 0 aliphatic rings. The number of methoxy groups -OCH3 is 1. The summed E-state index contributed by atoms with van der Waals surface area (Å²) in [7, 11) is 1.54. The van der Waals surface area contributed by atoms with E-state index >= 15 is 0 Å². The van der Waals surface area contributed by atoms with Gasteiger partial charge in [-0.1, -0.05) is 6.07 Å². The lowest BCUT2D eigenvalue weighted by atomic mass is 10.1. The van der Waals surface area contributed by atoms with E-state index in [1.165, 1.54) is 7.11 Å². The van der Waals surface area contributed by atoms with Crippen LogP contribution in [0.1, 0.15) is 29.3 Å². The van der Waals surface area contributed by atoms with Gasteiger partial charge < -0.3 is 9.47 Å². The summed E-state index contributed by atoms with van der Waals surface area (Å²) in [5, 5.41) is 0. The van der Waals surface area contributed by atoms with Crippen LogP contribution in [-0.2, 0) is 11.2 Å². The molecule has 0 N–H and O–H groups in total. The fourth-order valence-corrected chi connectivity index (χ4v) is 1.68. The van der Waals surface area contributed by atoms with Gasteiger partial charge in [0.15, 0.2) is 0 Å². The fraction of sp³-hybridized carbons (Fsp3) is 0.462. The first-order chi connectivity index (χ1) is 8.22. The number of rotatable bonds is 6. The third-order valence-corrected chi connectivity index (χ3v) is 2.63. The molecule has 4 heteroatoms. The van der Waals surface area contributed by atoms with Crippen molar-refractivity contribution in [3.63, 3.8) is 0 Å². The molecule has 0 aliphatic carbocycles. The quantitative estimate of drug-likeness (QED) is 0.580. The minimum atomic E-state index is -0.350. The van der Waals surface area contributed by atoms with E-state index in [1.54, 1.807) is 13.0 Å². The van der Waals surface area contributed by atoms with E-state index in [9.17, 15) is 4.79 Å². The van der Waals surface area contributed by atoms with Gasteiger partial charge in [0.1, 0.15) is 11.3 Å². The van der Waals surface area contributed by atoms with Gasteiger partial charge >= 0.3 is 5.97 Å². The van der Waals surface area contributed by atoms with Crippen LogP contribution in [0.5, 0.6) is 5.75 Å². The molecule has 0 fully saturated rings. The second-order valence-corrected chi connectivity index (χ2v) is 3.93. The van der Waals surface area contributed by atoms with Crippen molar-refractivity contribution in [2.24, 2.45) is 0 Å². The summed E-state index contributed by atoms with van der Waals surface area (Å²) < 4.78 is 10.1. The van der Waals surface area contributed by atoms with Crippen molar-refractivity contribution in [3.8, 4) is 5.75 Å². The van der Waals surface area contributed by atoms with E-state index in [-0.39, 0.29) is 5.97 Å². The minimum Gasteiger partial charge on any atom is -0.496 e. The highest BCUT2D eigenvalue weighted by Crippen LogP contribution is 2.21. The van der Waals surface area contributed by atoms with Gasteiger partial charge in [0, 0.05) is 5.88 Å². The Balaban J connectivity index is 2.93. The number of carbonyl (C=O) groups is 1. The van der Waals surface area contributed by atoms with Crippen molar-refractivity contribution >= 4 is 17.6 Å². The molecule has 0 heterocycles. The van der Waals surface area contributed by atoms with E-state index in [1.807, 2.05) is 12.1 Å². The molecule has 0 unspecified atom stereocenters. The Labute approximate surface area is 107 Å². The molecule has 0 saturated carbocycles. The zero-order valence-corrected chi connectivity index (χ0v) is 10.9. The maximum Gasteiger partial charge on any atom is 0.341 e. The average molecular weight is 257 g/mol. The Morgan fingerprint density at radius 1 is 1.41 bits per heavy atom. The maximum absolute atomic E-state index is 11.7. The summed E-state index contributed by atoms with van der Waals surface area (Å²) in [6.45, 7) is 2.13. The molecule has 1 rings (SSSR count). The van der Waals surface area contributed by atoms with Crippen LogP contribution in [-0.4, -0.2) is 25.6 Å². The predicted molar refractivity (Wildman–Crippen MR) is 68.0 cm³/mol. The molecule has 0 amide bonds. The van der Waals surface area contributed by atoms with Crippen molar-refractivity contribution < 1.29 is 14.3 Å². The third kappa shape index (κ3) is 3.93. The minimum absolute atomic E-state index is 0.350. The summed E-state index contributed by atoms with van der Waals surface area (Å²) in [5.74, 6) is 0.802. The summed E-state index contributed by atoms with van der Waals surface area (Å²) in [4.78, 5) is 11.7. The van der Waals surface area contributed by atoms with Gasteiger partial charge in [-0.15, -0.1) is 11.6 Å². The standard InChI is InChI=1S/C13H17ClO3/c1-3-17-13(15)11-9-10(5-4-8-14)6-7-12(11)16-2/h6-7,9H,3-5,8H2,1-2H3. The molecule has 0 aliphatic heterocycles. The molecule has 0 spiro atoms. The Bertz CT molecular complexity index is 377. The van der Waals surface area contributed by atoms with Crippen LogP contribution in [0.3, 0.4) is 0 Å². The largest absolute Gasteiger partial charge is 0.496 e. The van der Waals surface area contributed by atoms with Crippen LogP contribution in [0.4, 0.5) is 0 Å². The van der Waals surface area contributed by atoms with E-state index < -0.39 is 0 Å². The number of hydrogen-bond donors (Lipinski definition) is 0. The molecule has 3 nitrogen and oxygen atoms in total. The van der Waals surface area contributed by atoms with Gasteiger partial charge in [-0.05, 0) is 37.5 Å². The number of hydrogen-bond acceptors (Lipinski definition) is 3. The van der Waals surface area contributed by atoms with Crippen LogP contribution in [0.25, 0.3) is 0 Å². The normalized spacial score (nSPS) is 10.1. The van der Waals surface area contributed by atoms with Crippen molar-refractivity contribution in [2.45, 2.75) is 19.8 Å². The molecule has 0 radical (unpaired) electrons. The second-order valence-electron chi connectivity index (χ2n) is 3.55. The number of aryl methyl sites for hydroxylation is 1. The average Bonchev–Trinajstić information content (AvgIpc) is 2.36. The fourth-order valence-electron chi connectivity index (χ4n) is 1.55. The lowest BCUT2D eigenvalue weighted by molar-refractivity contribution is 0.0522.